The minimum absolute atomic E-state index is 0.0533. The van der Waals surface area contributed by atoms with Crippen molar-refractivity contribution < 1.29 is 48.5 Å². The first kappa shape index (κ1) is 33.4. The molecule has 0 aromatic carbocycles. The van der Waals surface area contributed by atoms with Crippen LogP contribution in [-0.4, -0.2) is 45.3 Å². The number of aliphatic hydroxyl groups is 2. The number of rotatable bonds is 16. The van der Waals surface area contributed by atoms with Crippen molar-refractivity contribution in [1.29, 1.82) is 0 Å². The zero-order valence-corrected chi connectivity index (χ0v) is 24.4. The molecule has 10 nitrogen and oxygen atoms in total. The van der Waals surface area contributed by atoms with Gasteiger partial charge in [0.1, 0.15) is 5.76 Å². The van der Waals surface area contributed by atoms with Crippen LogP contribution in [-0.2, 0) is 38.2 Å². The Morgan fingerprint density at radius 1 is 0.512 bits per heavy atom. The number of unbranched alkanes of at least 4 members (excludes halogenated alkanes) is 10. The van der Waals surface area contributed by atoms with E-state index in [2.05, 4.69) is 0 Å². The molecule has 0 aromatic heterocycles. The molecule has 41 heavy (non-hydrogen) atoms. The van der Waals surface area contributed by atoms with Crippen LogP contribution >= 0.6 is 0 Å². The molecule has 0 atom stereocenters. The zero-order valence-electron chi connectivity index (χ0n) is 24.4. The van der Waals surface area contributed by atoms with E-state index in [0.717, 1.165) is 71.6 Å². The SMILES string of the molecule is CC(=O)OC1=C(C)C(O)=C(CCCCCCCCCCCCCC2=C(OC(C)=O)C(=O)C(C)=C(O)C2=O)C(=O)C1=O. The highest BCUT2D eigenvalue weighted by Gasteiger charge is 2.36. The van der Waals surface area contributed by atoms with Crippen LogP contribution in [0.2, 0.25) is 0 Å². The summed E-state index contributed by atoms with van der Waals surface area (Å²) in [6.45, 7) is 5.05. The van der Waals surface area contributed by atoms with Crippen LogP contribution in [0.5, 0.6) is 0 Å². The summed E-state index contributed by atoms with van der Waals surface area (Å²) in [5, 5.41) is 20.3. The number of aliphatic hydroxyl groups excluding tert-OH is 2. The number of allylic oxidation sites excluding steroid dienone is 5. The second kappa shape index (κ2) is 15.8. The van der Waals surface area contributed by atoms with Crippen molar-refractivity contribution in [3.05, 3.63) is 45.3 Å². The molecule has 0 aliphatic heterocycles. The van der Waals surface area contributed by atoms with Crippen LogP contribution in [0.25, 0.3) is 0 Å². The summed E-state index contributed by atoms with van der Waals surface area (Å²) in [5.74, 6) is -5.99. The highest BCUT2D eigenvalue weighted by atomic mass is 16.5. The van der Waals surface area contributed by atoms with Crippen molar-refractivity contribution in [3.63, 3.8) is 0 Å². The number of carbonyl (C=O) groups excluding carboxylic acids is 6. The van der Waals surface area contributed by atoms with Crippen molar-refractivity contribution in [1.82, 2.24) is 0 Å². The van der Waals surface area contributed by atoms with Crippen LogP contribution in [0.3, 0.4) is 0 Å². The lowest BCUT2D eigenvalue weighted by Crippen LogP contribution is -2.28. The minimum Gasteiger partial charge on any atom is -0.507 e. The molecule has 0 radical (unpaired) electrons. The van der Waals surface area contributed by atoms with Gasteiger partial charge in [0, 0.05) is 30.6 Å². The van der Waals surface area contributed by atoms with E-state index in [1.165, 1.54) is 13.8 Å². The molecule has 0 saturated carbocycles. The topological polar surface area (TPSA) is 161 Å². The lowest BCUT2D eigenvalue weighted by molar-refractivity contribution is -0.143. The number of hydrogen-bond acceptors (Lipinski definition) is 10. The van der Waals surface area contributed by atoms with E-state index in [4.69, 9.17) is 9.47 Å². The first-order chi connectivity index (χ1) is 19.4. The fourth-order valence-electron chi connectivity index (χ4n) is 4.85. The molecule has 0 bridgehead atoms. The summed E-state index contributed by atoms with van der Waals surface area (Å²) < 4.78 is 9.80. The largest absolute Gasteiger partial charge is 0.507 e. The van der Waals surface area contributed by atoms with Gasteiger partial charge in [0.15, 0.2) is 17.3 Å². The van der Waals surface area contributed by atoms with Crippen LogP contribution < -0.4 is 0 Å². The molecule has 0 amide bonds. The van der Waals surface area contributed by atoms with E-state index in [9.17, 15) is 39.0 Å². The van der Waals surface area contributed by atoms with E-state index >= 15 is 0 Å². The van der Waals surface area contributed by atoms with Gasteiger partial charge in [0.2, 0.25) is 17.3 Å². The Balaban J connectivity index is 1.61. The number of hydrogen-bond donors (Lipinski definition) is 2. The molecule has 224 valence electrons. The van der Waals surface area contributed by atoms with Gasteiger partial charge < -0.3 is 19.7 Å². The van der Waals surface area contributed by atoms with Crippen LogP contribution in [0.15, 0.2) is 45.3 Å². The maximum Gasteiger partial charge on any atom is 0.308 e. The van der Waals surface area contributed by atoms with E-state index in [0.29, 0.717) is 12.8 Å². The molecule has 2 N–H and O–H groups in total. The molecular formula is C31H40O10. The molecule has 0 saturated heterocycles. The lowest BCUT2D eigenvalue weighted by atomic mass is 9.90. The summed E-state index contributed by atoms with van der Waals surface area (Å²) in [6.07, 6.45) is 10.7. The van der Waals surface area contributed by atoms with Gasteiger partial charge in [0.25, 0.3) is 5.78 Å². The Labute approximate surface area is 240 Å². The quantitative estimate of drug-likeness (QED) is 0.0776. The third-order valence-electron chi connectivity index (χ3n) is 7.18. The van der Waals surface area contributed by atoms with Crippen molar-refractivity contribution in [2.75, 3.05) is 0 Å². The van der Waals surface area contributed by atoms with Crippen LogP contribution in [0, 0.1) is 0 Å². The summed E-state index contributed by atoms with van der Waals surface area (Å²) >= 11 is 0. The van der Waals surface area contributed by atoms with Gasteiger partial charge in [0.05, 0.1) is 5.57 Å². The zero-order chi connectivity index (χ0) is 30.7. The van der Waals surface area contributed by atoms with E-state index < -0.39 is 46.6 Å². The van der Waals surface area contributed by atoms with E-state index in [1.807, 2.05) is 0 Å². The summed E-state index contributed by atoms with van der Waals surface area (Å²) in [5.41, 5.74) is 0.113. The Bertz CT molecular complexity index is 1230. The first-order valence-corrected chi connectivity index (χ1v) is 14.2. The predicted octanol–water partition coefficient (Wildman–Crippen LogP) is 5.66. The molecule has 0 unspecified atom stereocenters. The fraction of sp³-hybridized carbons (Fsp3) is 0.548. The molecule has 10 heteroatoms. The number of Topliss-reactive ketones (excluding diaryl/α,β-unsaturated/α-hetero) is 4. The van der Waals surface area contributed by atoms with Crippen molar-refractivity contribution in [2.24, 2.45) is 0 Å². The Morgan fingerprint density at radius 2 is 0.927 bits per heavy atom. The monoisotopic (exact) mass is 572 g/mol. The molecule has 0 aromatic rings. The van der Waals surface area contributed by atoms with Crippen LogP contribution in [0.4, 0.5) is 0 Å². The average molecular weight is 573 g/mol. The van der Waals surface area contributed by atoms with Gasteiger partial charge >= 0.3 is 11.9 Å². The molecule has 2 rings (SSSR count). The second-order valence-corrected chi connectivity index (χ2v) is 10.5. The number of ketones is 4. The minimum atomic E-state index is -0.904. The Kier molecular flexibility index (Phi) is 12.9. The predicted molar refractivity (Wildman–Crippen MR) is 148 cm³/mol. The average Bonchev–Trinajstić information content (AvgIpc) is 2.92. The van der Waals surface area contributed by atoms with Crippen molar-refractivity contribution in [2.45, 2.75) is 111 Å². The normalized spacial score (nSPS) is 16.3. The number of carbonyl (C=O) groups is 6. The highest BCUT2D eigenvalue weighted by molar-refractivity contribution is 6.50. The summed E-state index contributed by atoms with van der Waals surface area (Å²) in [4.78, 5) is 71.9. The van der Waals surface area contributed by atoms with E-state index in [1.54, 1.807) is 0 Å². The van der Waals surface area contributed by atoms with Gasteiger partial charge in [-0.2, -0.15) is 0 Å². The van der Waals surface area contributed by atoms with Crippen molar-refractivity contribution >= 4 is 35.1 Å². The van der Waals surface area contributed by atoms with Crippen LogP contribution in [0.1, 0.15) is 111 Å². The smallest absolute Gasteiger partial charge is 0.308 e. The second-order valence-electron chi connectivity index (χ2n) is 10.5. The van der Waals surface area contributed by atoms with Gasteiger partial charge in [-0.15, -0.1) is 0 Å². The number of ether oxygens (including phenoxy) is 2. The third kappa shape index (κ3) is 9.09. The Hall–Kier alpha value is -3.82. The maximum atomic E-state index is 12.4. The summed E-state index contributed by atoms with van der Waals surface area (Å²) in [7, 11) is 0. The molecule has 0 heterocycles. The van der Waals surface area contributed by atoms with Gasteiger partial charge in [-0.05, 0) is 39.5 Å². The van der Waals surface area contributed by atoms with Gasteiger partial charge in [-0.1, -0.05) is 57.8 Å². The fourth-order valence-corrected chi connectivity index (χ4v) is 4.85. The molecule has 0 spiro atoms. The summed E-state index contributed by atoms with van der Waals surface area (Å²) in [6, 6.07) is 0. The molecular weight excluding hydrogens is 532 g/mol. The number of esters is 2. The Morgan fingerprint density at radius 3 is 1.39 bits per heavy atom. The standard InChI is InChI=1S/C31H40O10/c1-18-25(35)28(38)23(31(26(18)36)41-21(4)33)17-15-13-11-9-7-5-6-8-10-12-14-16-22-24(34)19(2)30(40-20(3)32)29(39)27(22)37/h34-35H,5-17H2,1-4H3. The molecule has 2 aliphatic rings. The first-order valence-electron chi connectivity index (χ1n) is 14.2. The van der Waals surface area contributed by atoms with Crippen molar-refractivity contribution in [3.8, 4) is 0 Å². The third-order valence-corrected chi connectivity index (χ3v) is 7.18. The van der Waals surface area contributed by atoms with Gasteiger partial charge in [-0.3, -0.25) is 28.8 Å². The highest BCUT2D eigenvalue weighted by Crippen LogP contribution is 2.29. The van der Waals surface area contributed by atoms with E-state index in [-0.39, 0.29) is 46.7 Å². The lowest BCUT2D eigenvalue weighted by Gasteiger charge is -2.18. The van der Waals surface area contributed by atoms with Gasteiger partial charge in [-0.25, -0.2) is 0 Å². The molecule has 2 aliphatic carbocycles. The maximum absolute atomic E-state index is 12.4. The molecule has 0 fully saturated rings.